The maximum Gasteiger partial charge on any atom is 0.385 e. The fourth-order valence-electron chi connectivity index (χ4n) is 2.65. The first kappa shape index (κ1) is 16.8. The Morgan fingerprint density at radius 1 is 1.00 bits per heavy atom. The Bertz CT molecular complexity index is 787. The quantitative estimate of drug-likeness (QED) is 0.805. The lowest BCUT2D eigenvalue weighted by Crippen LogP contribution is -2.38. The zero-order chi connectivity index (χ0) is 17.0. The number of fused-ring (bicyclic) bond motifs is 1. The third-order valence-electron chi connectivity index (χ3n) is 3.91. The average molecular weight is 347 g/mol. The summed E-state index contributed by atoms with van der Waals surface area (Å²) in [7, 11) is -3.82. The molecule has 0 unspecified atom stereocenters. The van der Waals surface area contributed by atoms with Crippen LogP contribution in [0.1, 0.15) is 24.5 Å². The van der Waals surface area contributed by atoms with Crippen LogP contribution in [0.2, 0.25) is 0 Å². The fraction of sp³-hybridized carbons (Fsp3) is 0.333. The van der Waals surface area contributed by atoms with Gasteiger partial charge in [-0.25, -0.2) is 0 Å². The number of benzene rings is 2. The van der Waals surface area contributed by atoms with Crippen LogP contribution in [0.4, 0.5) is 0 Å². The summed E-state index contributed by atoms with van der Waals surface area (Å²) in [6.45, 7) is 3.43. The van der Waals surface area contributed by atoms with Gasteiger partial charge in [0.15, 0.2) is 0 Å². The molecule has 2 aromatic rings. The summed E-state index contributed by atoms with van der Waals surface area (Å²) in [6, 6.07) is 14.5. The molecule has 1 aliphatic heterocycles. The van der Waals surface area contributed by atoms with Gasteiger partial charge in [0, 0.05) is 13.1 Å². The number of rotatable bonds is 6. The van der Waals surface area contributed by atoms with Crippen molar-refractivity contribution in [3.8, 4) is 11.5 Å². The normalized spacial score (nSPS) is 14.9. The number of hydrogen-bond donors (Lipinski definition) is 0. The van der Waals surface area contributed by atoms with Gasteiger partial charge in [0.05, 0.1) is 6.61 Å². The maximum atomic E-state index is 12.5. The van der Waals surface area contributed by atoms with Crippen molar-refractivity contribution in [2.24, 2.45) is 0 Å². The van der Waals surface area contributed by atoms with E-state index in [4.69, 9.17) is 8.92 Å². The molecule has 0 aliphatic carbocycles. The van der Waals surface area contributed by atoms with E-state index < -0.39 is 10.3 Å². The summed E-state index contributed by atoms with van der Waals surface area (Å²) in [4.78, 5) is 0. The molecule has 0 amide bonds. The van der Waals surface area contributed by atoms with Crippen molar-refractivity contribution in [1.82, 2.24) is 4.31 Å². The molecule has 24 heavy (non-hydrogen) atoms. The molecule has 0 N–H and O–H groups in total. The van der Waals surface area contributed by atoms with E-state index in [2.05, 4.69) is 0 Å². The molecule has 0 atom stereocenters. The van der Waals surface area contributed by atoms with Gasteiger partial charge < -0.3 is 8.92 Å². The molecule has 0 spiro atoms. The van der Waals surface area contributed by atoms with Crippen molar-refractivity contribution in [3.05, 3.63) is 59.7 Å². The molecule has 0 fully saturated rings. The van der Waals surface area contributed by atoms with Crippen molar-refractivity contribution >= 4 is 10.3 Å². The third kappa shape index (κ3) is 3.88. The Balaban J connectivity index is 1.68. The Morgan fingerprint density at radius 2 is 1.67 bits per heavy atom. The lowest BCUT2D eigenvalue weighted by molar-refractivity contribution is 0.316. The van der Waals surface area contributed by atoms with Crippen LogP contribution in [-0.2, 0) is 23.3 Å². The Morgan fingerprint density at radius 3 is 2.38 bits per heavy atom. The second kappa shape index (κ2) is 7.23. The van der Waals surface area contributed by atoms with Crippen molar-refractivity contribution in [3.63, 3.8) is 0 Å². The molecule has 1 heterocycles. The number of nitrogens with zero attached hydrogens (tertiary/aromatic N) is 1. The second-order valence-electron chi connectivity index (χ2n) is 5.71. The third-order valence-corrected chi connectivity index (χ3v) is 5.26. The van der Waals surface area contributed by atoms with Crippen LogP contribution >= 0.6 is 0 Å². The van der Waals surface area contributed by atoms with E-state index in [0.29, 0.717) is 31.9 Å². The Labute approximate surface area is 143 Å². The lowest BCUT2D eigenvalue weighted by Gasteiger charge is -2.27. The first-order valence-electron chi connectivity index (χ1n) is 8.07. The zero-order valence-electron chi connectivity index (χ0n) is 13.6. The molecular weight excluding hydrogens is 326 g/mol. The SMILES string of the molecule is CCCOc1ccc(OS(=O)(=O)N2CCc3ccccc3C2)cc1. The van der Waals surface area contributed by atoms with Crippen LogP contribution in [0.15, 0.2) is 48.5 Å². The van der Waals surface area contributed by atoms with E-state index in [1.807, 2.05) is 31.2 Å². The molecule has 128 valence electrons. The lowest BCUT2D eigenvalue weighted by atomic mass is 10.0. The summed E-state index contributed by atoms with van der Waals surface area (Å²) in [5.74, 6) is 0.992. The average Bonchev–Trinajstić information content (AvgIpc) is 2.60. The highest BCUT2D eigenvalue weighted by Gasteiger charge is 2.28. The first-order valence-corrected chi connectivity index (χ1v) is 9.44. The zero-order valence-corrected chi connectivity index (χ0v) is 14.5. The fourth-order valence-corrected chi connectivity index (χ4v) is 3.72. The van der Waals surface area contributed by atoms with Gasteiger partial charge in [-0.3, -0.25) is 0 Å². The molecular formula is C18H21NO4S. The molecule has 2 aromatic carbocycles. The van der Waals surface area contributed by atoms with E-state index in [1.165, 1.54) is 9.87 Å². The number of hydrogen-bond acceptors (Lipinski definition) is 4. The molecule has 6 heteroatoms. The van der Waals surface area contributed by atoms with E-state index in [0.717, 1.165) is 12.0 Å². The summed E-state index contributed by atoms with van der Waals surface area (Å²) in [5.41, 5.74) is 2.22. The highest BCUT2D eigenvalue weighted by atomic mass is 32.2. The van der Waals surface area contributed by atoms with Gasteiger partial charge in [-0.15, -0.1) is 0 Å². The molecule has 0 radical (unpaired) electrons. The molecule has 0 aromatic heterocycles. The second-order valence-corrected chi connectivity index (χ2v) is 7.25. The van der Waals surface area contributed by atoms with Crippen molar-refractivity contribution in [2.75, 3.05) is 13.2 Å². The van der Waals surface area contributed by atoms with Crippen LogP contribution in [0.3, 0.4) is 0 Å². The largest absolute Gasteiger partial charge is 0.494 e. The minimum Gasteiger partial charge on any atom is -0.494 e. The Kier molecular flexibility index (Phi) is 5.06. The highest BCUT2D eigenvalue weighted by Crippen LogP contribution is 2.24. The molecule has 0 saturated carbocycles. The monoisotopic (exact) mass is 347 g/mol. The molecule has 1 aliphatic rings. The number of ether oxygens (including phenoxy) is 1. The predicted molar refractivity (Wildman–Crippen MR) is 92.3 cm³/mol. The Hall–Kier alpha value is -2.05. The van der Waals surface area contributed by atoms with E-state index in [1.54, 1.807) is 24.3 Å². The molecule has 5 nitrogen and oxygen atoms in total. The standard InChI is InChI=1S/C18H21NO4S/c1-2-13-22-17-7-9-18(10-8-17)23-24(20,21)19-12-11-15-5-3-4-6-16(15)14-19/h3-10H,2,11-14H2,1H3. The van der Waals surface area contributed by atoms with E-state index in [-0.39, 0.29) is 5.75 Å². The van der Waals surface area contributed by atoms with Gasteiger partial charge in [0.25, 0.3) is 0 Å². The minimum atomic E-state index is -3.82. The molecule has 3 rings (SSSR count). The predicted octanol–water partition coefficient (Wildman–Crippen LogP) is 3.16. The van der Waals surface area contributed by atoms with E-state index in [9.17, 15) is 8.42 Å². The highest BCUT2D eigenvalue weighted by molar-refractivity contribution is 7.84. The van der Waals surface area contributed by atoms with Crippen molar-refractivity contribution in [1.29, 1.82) is 0 Å². The van der Waals surface area contributed by atoms with Gasteiger partial charge in [-0.05, 0) is 48.2 Å². The van der Waals surface area contributed by atoms with Crippen molar-refractivity contribution in [2.45, 2.75) is 26.3 Å². The van der Waals surface area contributed by atoms with Gasteiger partial charge in [0.2, 0.25) is 0 Å². The molecule has 0 bridgehead atoms. The maximum absolute atomic E-state index is 12.5. The first-order chi connectivity index (χ1) is 11.6. The van der Waals surface area contributed by atoms with Gasteiger partial charge in [-0.1, -0.05) is 31.2 Å². The molecule has 0 saturated heterocycles. The van der Waals surface area contributed by atoms with Crippen LogP contribution in [0.5, 0.6) is 11.5 Å². The van der Waals surface area contributed by atoms with Gasteiger partial charge >= 0.3 is 10.3 Å². The topological polar surface area (TPSA) is 55.8 Å². The van der Waals surface area contributed by atoms with Crippen LogP contribution in [0.25, 0.3) is 0 Å². The van der Waals surface area contributed by atoms with Crippen molar-refractivity contribution < 1.29 is 17.3 Å². The summed E-state index contributed by atoms with van der Waals surface area (Å²) in [5, 5.41) is 0. The minimum absolute atomic E-state index is 0.290. The van der Waals surface area contributed by atoms with Crippen LogP contribution < -0.4 is 8.92 Å². The van der Waals surface area contributed by atoms with Gasteiger partial charge in [-0.2, -0.15) is 12.7 Å². The summed E-state index contributed by atoms with van der Waals surface area (Å²) >= 11 is 0. The smallest absolute Gasteiger partial charge is 0.385 e. The van der Waals surface area contributed by atoms with Gasteiger partial charge in [0.1, 0.15) is 11.5 Å². The van der Waals surface area contributed by atoms with Crippen LogP contribution in [-0.4, -0.2) is 25.9 Å². The summed E-state index contributed by atoms with van der Waals surface area (Å²) < 4.78 is 37.1. The van der Waals surface area contributed by atoms with E-state index >= 15 is 0 Å². The van der Waals surface area contributed by atoms with Crippen LogP contribution in [0, 0.1) is 0 Å². The summed E-state index contributed by atoms with van der Waals surface area (Å²) in [6.07, 6.45) is 1.62.